The molecule has 2 aromatic carbocycles. The van der Waals surface area contributed by atoms with Gasteiger partial charge in [0.15, 0.2) is 0 Å². The molecule has 0 radical (unpaired) electrons. The standard InChI is InChI=1S/C22H21N3O/c26-22(21-15-19(13-14-23-21)24-18-11-12-18)25(20-9-5-2-6-10-20)16-17-7-3-1-4-8-17/h1-10,13-15,18H,11-12,16H2,(H,23,24). The van der Waals surface area contributed by atoms with Crippen LogP contribution in [0.15, 0.2) is 79.0 Å². The van der Waals surface area contributed by atoms with Crippen molar-refractivity contribution in [3.05, 3.63) is 90.3 Å². The van der Waals surface area contributed by atoms with Crippen LogP contribution in [0.4, 0.5) is 11.4 Å². The van der Waals surface area contributed by atoms with Crippen LogP contribution in [0.1, 0.15) is 28.9 Å². The van der Waals surface area contributed by atoms with Crippen molar-refractivity contribution >= 4 is 17.3 Å². The number of carbonyl (C=O) groups excluding carboxylic acids is 1. The summed E-state index contributed by atoms with van der Waals surface area (Å²) in [6.07, 6.45) is 4.08. The van der Waals surface area contributed by atoms with Crippen molar-refractivity contribution in [1.82, 2.24) is 4.98 Å². The third-order valence-corrected chi connectivity index (χ3v) is 4.42. The average Bonchev–Trinajstić information content (AvgIpc) is 3.51. The van der Waals surface area contributed by atoms with E-state index in [0.29, 0.717) is 18.3 Å². The van der Waals surface area contributed by atoms with Crippen LogP contribution in [-0.2, 0) is 6.54 Å². The van der Waals surface area contributed by atoms with Crippen LogP contribution in [-0.4, -0.2) is 16.9 Å². The third-order valence-electron chi connectivity index (χ3n) is 4.42. The summed E-state index contributed by atoms with van der Waals surface area (Å²) in [7, 11) is 0. The molecule has 26 heavy (non-hydrogen) atoms. The molecule has 4 nitrogen and oxygen atoms in total. The molecule has 4 rings (SSSR count). The number of pyridine rings is 1. The van der Waals surface area contributed by atoms with Crippen LogP contribution < -0.4 is 10.2 Å². The maximum Gasteiger partial charge on any atom is 0.277 e. The molecule has 1 saturated carbocycles. The number of amides is 1. The van der Waals surface area contributed by atoms with E-state index in [1.165, 1.54) is 12.8 Å². The minimum atomic E-state index is -0.0977. The number of hydrogen-bond donors (Lipinski definition) is 1. The zero-order chi connectivity index (χ0) is 17.8. The highest BCUT2D eigenvalue weighted by atomic mass is 16.2. The molecule has 1 N–H and O–H groups in total. The van der Waals surface area contributed by atoms with E-state index >= 15 is 0 Å². The van der Waals surface area contributed by atoms with E-state index in [-0.39, 0.29) is 5.91 Å². The summed E-state index contributed by atoms with van der Waals surface area (Å²) in [5.74, 6) is -0.0977. The molecule has 4 heteroatoms. The molecular weight excluding hydrogens is 322 g/mol. The maximum atomic E-state index is 13.2. The van der Waals surface area contributed by atoms with Gasteiger partial charge in [-0.3, -0.25) is 9.78 Å². The van der Waals surface area contributed by atoms with Crippen LogP contribution in [0.3, 0.4) is 0 Å². The molecule has 1 aromatic heterocycles. The van der Waals surface area contributed by atoms with Crippen molar-refractivity contribution in [2.24, 2.45) is 0 Å². The van der Waals surface area contributed by atoms with Gasteiger partial charge < -0.3 is 10.2 Å². The Labute approximate surface area is 153 Å². The zero-order valence-corrected chi connectivity index (χ0v) is 14.5. The Kier molecular flexibility index (Phi) is 4.65. The predicted octanol–water partition coefficient (Wildman–Crippen LogP) is 4.50. The minimum absolute atomic E-state index is 0.0977. The summed E-state index contributed by atoms with van der Waals surface area (Å²) < 4.78 is 0. The van der Waals surface area contributed by atoms with Gasteiger partial charge in [-0.25, -0.2) is 0 Å². The summed E-state index contributed by atoms with van der Waals surface area (Å²) in [6.45, 7) is 0.506. The Balaban J connectivity index is 1.63. The third kappa shape index (κ3) is 3.91. The second-order valence-corrected chi connectivity index (χ2v) is 6.56. The van der Waals surface area contributed by atoms with Gasteiger partial charge in [0.25, 0.3) is 5.91 Å². The zero-order valence-electron chi connectivity index (χ0n) is 14.5. The minimum Gasteiger partial charge on any atom is -0.382 e. The number of benzene rings is 2. The lowest BCUT2D eigenvalue weighted by Gasteiger charge is -2.23. The molecule has 0 saturated heterocycles. The molecule has 0 aliphatic heterocycles. The number of anilines is 2. The highest BCUT2D eigenvalue weighted by Crippen LogP contribution is 2.25. The van der Waals surface area contributed by atoms with Gasteiger partial charge in [0, 0.05) is 23.6 Å². The fourth-order valence-corrected chi connectivity index (χ4v) is 2.89. The van der Waals surface area contributed by atoms with E-state index in [4.69, 9.17) is 0 Å². The molecule has 1 heterocycles. The van der Waals surface area contributed by atoms with E-state index < -0.39 is 0 Å². The summed E-state index contributed by atoms with van der Waals surface area (Å²) in [6, 6.07) is 24.1. The normalized spacial score (nSPS) is 13.2. The number of para-hydroxylation sites is 1. The number of rotatable bonds is 6. The van der Waals surface area contributed by atoms with Crippen molar-refractivity contribution in [2.45, 2.75) is 25.4 Å². The Hall–Kier alpha value is -3.14. The summed E-state index contributed by atoms with van der Waals surface area (Å²) in [4.78, 5) is 19.3. The van der Waals surface area contributed by atoms with Gasteiger partial charge in [0.2, 0.25) is 0 Å². The van der Waals surface area contributed by atoms with Crippen molar-refractivity contribution in [1.29, 1.82) is 0 Å². The fourth-order valence-electron chi connectivity index (χ4n) is 2.89. The molecule has 0 atom stereocenters. The van der Waals surface area contributed by atoms with Crippen LogP contribution >= 0.6 is 0 Å². The Morgan fingerprint density at radius 3 is 2.38 bits per heavy atom. The molecule has 3 aromatic rings. The van der Waals surface area contributed by atoms with Gasteiger partial charge in [0.05, 0.1) is 6.54 Å². The molecular formula is C22H21N3O. The number of nitrogens with one attached hydrogen (secondary N) is 1. The van der Waals surface area contributed by atoms with Crippen LogP contribution in [0, 0.1) is 0 Å². The summed E-state index contributed by atoms with van der Waals surface area (Å²) in [5, 5.41) is 3.43. The van der Waals surface area contributed by atoms with E-state index in [1.807, 2.05) is 72.8 Å². The van der Waals surface area contributed by atoms with Crippen LogP contribution in [0.2, 0.25) is 0 Å². The quantitative estimate of drug-likeness (QED) is 0.716. The molecule has 1 aliphatic carbocycles. The molecule has 130 valence electrons. The first kappa shape index (κ1) is 16.3. The Morgan fingerprint density at radius 1 is 1.00 bits per heavy atom. The van der Waals surface area contributed by atoms with Gasteiger partial charge in [-0.05, 0) is 42.7 Å². The lowest BCUT2D eigenvalue weighted by atomic mass is 10.1. The maximum absolute atomic E-state index is 13.2. The highest BCUT2D eigenvalue weighted by molar-refractivity contribution is 6.05. The van der Waals surface area contributed by atoms with E-state index in [0.717, 1.165) is 16.9 Å². The molecule has 1 aliphatic rings. The fraction of sp³-hybridized carbons (Fsp3) is 0.182. The summed E-state index contributed by atoms with van der Waals surface area (Å²) in [5.41, 5.74) is 3.36. The molecule has 1 fully saturated rings. The van der Waals surface area contributed by atoms with Crippen molar-refractivity contribution < 1.29 is 4.79 Å². The van der Waals surface area contributed by atoms with Gasteiger partial charge >= 0.3 is 0 Å². The second kappa shape index (κ2) is 7.40. The van der Waals surface area contributed by atoms with Gasteiger partial charge in [0.1, 0.15) is 5.69 Å². The molecule has 0 bridgehead atoms. The number of nitrogens with zero attached hydrogens (tertiary/aromatic N) is 2. The van der Waals surface area contributed by atoms with Gasteiger partial charge in [-0.2, -0.15) is 0 Å². The van der Waals surface area contributed by atoms with E-state index in [9.17, 15) is 4.79 Å². The SMILES string of the molecule is O=C(c1cc(NC2CC2)ccn1)N(Cc1ccccc1)c1ccccc1. The second-order valence-electron chi connectivity index (χ2n) is 6.56. The number of hydrogen-bond acceptors (Lipinski definition) is 3. The molecule has 1 amide bonds. The Morgan fingerprint density at radius 2 is 1.69 bits per heavy atom. The van der Waals surface area contributed by atoms with Crippen LogP contribution in [0.25, 0.3) is 0 Å². The van der Waals surface area contributed by atoms with Crippen molar-refractivity contribution in [2.75, 3.05) is 10.2 Å². The van der Waals surface area contributed by atoms with Gasteiger partial charge in [-0.15, -0.1) is 0 Å². The molecule has 0 unspecified atom stereocenters. The largest absolute Gasteiger partial charge is 0.382 e. The predicted molar refractivity (Wildman–Crippen MR) is 104 cm³/mol. The lowest BCUT2D eigenvalue weighted by Crippen LogP contribution is -2.31. The first-order chi connectivity index (χ1) is 12.8. The van der Waals surface area contributed by atoms with Gasteiger partial charge in [-0.1, -0.05) is 48.5 Å². The van der Waals surface area contributed by atoms with Crippen molar-refractivity contribution in [3.63, 3.8) is 0 Å². The Bertz CT molecular complexity index is 876. The summed E-state index contributed by atoms with van der Waals surface area (Å²) >= 11 is 0. The smallest absolute Gasteiger partial charge is 0.277 e. The first-order valence-corrected chi connectivity index (χ1v) is 8.93. The van der Waals surface area contributed by atoms with Crippen LogP contribution in [0.5, 0.6) is 0 Å². The average molecular weight is 343 g/mol. The first-order valence-electron chi connectivity index (χ1n) is 8.93. The topological polar surface area (TPSA) is 45.2 Å². The van der Waals surface area contributed by atoms with E-state index in [1.54, 1.807) is 11.1 Å². The molecule has 0 spiro atoms. The van der Waals surface area contributed by atoms with E-state index in [2.05, 4.69) is 10.3 Å². The number of aromatic nitrogens is 1. The number of carbonyl (C=O) groups is 1. The van der Waals surface area contributed by atoms with Crippen molar-refractivity contribution in [3.8, 4) is 0 Å². The monoisotopic (exact) mass is 343 g/mol. The lowest BCUT2D eigenvalue weighted by molar-refractivity contribution is 0.0980. The highest BCUT2D eigenvalue weighted by Gasteiger charge is 2.23.